The van der Waals surface area contributed by atoms with Gasteiger partial charge in [-0.05, 0) is 17.4 Å². The lowest BCUT2D eigenvalue weighted by molar-refractivity contribution is 0.414. The Morgan fingerprint density at radius 2 is 1.50 bits per heavy atom. The fraction of sp³-hybridized carbons (Fsp3) is 0.211. The van der Waals surface area contributed by atoms with E-state index in [-0.39, 0.29) is 0 Å². The third-order valence-electron chi connectivity index (χ3n) is 3.24. The van der Waals surface area contributed by atoms with Gasteiger partial charge < -0.3 is 4.90 Å². The van der Waals surface area contributed by atoms with E-state index < -0.39 is 0 Å². The maximum atomic E-state index is 4.64. The van der Waals surface area contributed by atoms with Gasteiger partial charge in [0.05, 0.1) is 6.54 Å². The van der Waals surface area contributed by atoms with Crippen molar-refractivity contribution in [1.29, 1.82) is 0 Å². The van der Waals surface area contributed by atoms with E-state index in [0.29, 0.717) is 6.54 Å². The minimum atomic E-state index is 0.649. The van der Waals surface area contributed by atoms with E-state index in [9.17, 15) is 0 Å². The summed E-state index contributed by atoms with van der Waals surface area (Å²) in [5, 5.41) is 1.05. The first-order chi connectivity index (χ1) is 10.8. The molecule has 0 aliphatic rings. The molecule has 0 saturated heterocycles. The molecule has 2 rings (SSSR count). The fourth-order valence-corrected chi connectivity index (χ4v) is 2.83. The van der Waals surface area contributed by atoms with Crippen molar-refractivity contribution in [3.63, 3.8) is 0 Å². The predicted octanol–water partition coefficient (Wildman–Crippen LogP) is 4.59. The van der Waals surface area contributed by atoms with Crippen molar-refractivity contribution in [2.75, 3.05) is 12.8 Å². The van der Waals surface area contributed by atoms with E-state index >= 15 is 0 Å². The Kier molecular flexibility index (Phi) is 6.78. The highest BCUT2D eigenvalue weighted by Crippen LogP contribution is 2.15. The summed E-state index contributed by atoms with van der Waals surface area (Å²) in [5.74, 6) is 0. The highest BCUT2D eigenvalue weighted by atomic mass is 32.2. The van der Waals surface area contributed by atoms with Gasteiger partial charge >= 0.3 is 0 Å². The summed E-state index contributed by atoms with van der Waals surface area (Å²) in [6.45, 7) is 6.12. The first-order valence-corrected chi connectivity index (χ1v) is 8.58. The van der Waals surface area contributed by atoms with Crippen molar-refractivity contribution in [3.8, 4) is 0 Å². The molecule has 0 bridgehead atoms. The Bertz CT molecular complexity index is 552. The van der Waals surface area contributed by atoms with Crippen LogP contribution in [0.2, 0.25) is 0 Å². The Morgan fingerprint density at radius 1 is 1.00 bits per heavy atom. The van der Waals surface area contributed by atoms with Crippen molar-refractivity contribution >= 4 is 16.9 Å². The molecule has 0 atom stereocenters. The molecule has 2 aromatic rings. The highest BCUT2D eigenvalue weighted by Gasteiger charge is 2.11. The normalized spacial score (nSPS) is 11.2. The number of rotatable bonds is 6. The van der Waals surface area contributed by atoms with Crippen LogP contribution in [0.5, 0.6) is 0 Å². The molecule has 0 amide bonds. The van der Waals surface area contributed by atoms with Crippen LogP contribution in [-0.4, -0.2) is 22.9 Å². The summed E-state index contributed by atoms with van der Waals surface area (Å²) in [5.41, 5.74) is 2.58. The van der Waals surface area contributed by atoms with Crippen LogP contribution in [0.3, 0.4) is 0 Å². The van der Waals surface area contributed by atoms with E-state index in [4.69, 9.17) is 0 Å². The summed E-state index contributed by atoms with van der Waals surface area (Å²) in [4.78, 5) is 6.96. The Hall–Kier alpha value is -2.00. The summed E-state index contributed by atoms with van der Waals surface area (Å²) < 4.78 is 0. The van der Waals surface area contributed by atoms with Crippen LogP contribution in [0, 0.1) is 0 Å². The summed E-state index contributed by atoms with van der Waals surface area (Å²) in [7, 11) is 0. The molecule has 0 N–H and O–H groups in total. The zero-order valence-corrected chi connectivity index (χ0v) is 13.8. The molecule has 114 valence electrons. The molecule has 0 heterocycles. The molecule has 2 nitrogen and oxygen atoms in total. The molecule has 0 aromatic heterocycles. The molecular weight excluding hydrogens is 288 g/mol. The van der Waals surface area contributed by atoms with Crippen molar-refractivity contribution in [2.45, 2.75) is 13.1 Å². The third-order valence-corrected chi connectivity index (χ3v) is 3.99. The van der Waals surface area contributed by atoms with E-state index in [2.05, 4.69) is 71.3 Å². The molecule has 0 radical (unpaired) electrons. The number of hydrogen-bond donors (Lipinski definition) is 0. The van der Waals surface area contributed by atoms with Gasteiger partial charge in [-0.3, -0.25) is 4.99 Å². The number of aliphatic imine (C=N–C) groups is 1. The van der Waals surface area contributed by atoms with Crippen LogP contribution in [0.25, 0.3) is 0 Å². The second kappa shape index (κ2) is 9.11. The standard InChI is InChI=1S/C19H22N2S/c1-3-14-20-19(22-2)21(15-17-10-6-4-7-11-17)16-18-12-8-5-9-13-18/h3-13H,1,14-16H2,2H3. The lowest BCUT2D eigenvalue weighted by atomic mass is 10.2. The minimum Gasteiger partial charge on any atom is -0.343 e. The maximum Gasteiger partial charge on any atom is 0.159 e. The van der Waals surface area contributed by atoms with Crippen LogP contribution >= 0.6 is 11.8 Å². The molecule has 3 heteroatoms. The number of thioether (sulfide) groups is 1. The van der Waals surface area contributed by atoms with Crippen LogP contribution in [0.15, 0.2) is 78.3 Å². The highest BCUT2D eigenvalue weighted by molar-refractivity contribution is 8.13. The number of nitrogens with zero attached hydrogens (tertiary/aromatic N) is 2. The van der Waals surface area contributed by atoms with Crippen molar-refractivity contribution in [2.24, 2.45) is 4.99 Å². The Morgan fingerprint density at radius 3 is 1.91 bits per heavy atom. The lowest BCUT2D eigenvalue weighted by Crippen LogP contribution is -2.28. The minimum absolute atomic E-state index is 0.649. The summed E-state index contributed by atoms with van der Waals surface area (Å²) >= 11 is 1.68. The van der Waals surface area contributed by atoms with Crippen LogP contribution < -0.4 is 0 Å². The van der Waals surface area contributed by atoms with E-state index in [1.54, 1.807) is 11.8 Å². The smallest absolute Gasteiger partial charge is 0.159 e. The monoisotopic (exact) mass is 310 g/mol. The maximum absolute atomic E-state index is 4.64. The molecule has 0 fully saturated rings. The first-order valence-electron chi connectivity index (χ1n) is 7.35. The van der Waals surface area contributed by atoms with Gasteiger partial charge in [-0.15, -0.1) is 6.58 Å². The van der Waals surface area contributed by atoms with Gasteiger partial charge in [-0.2, -0.15) is 0 Å². The van der Waals surface area contributed by atoms with E-state index in [0.717, 1.165) is 18.3 Å². The van der Waals surface area contributed by atoms with Gasteiger partial charge in [0, 0.05) is 13.1 Å². The Balaban J connectivity index is 2.21. The SMILES string of the molecule is C=CCN=C(SC)N(Cc1ccccc1)Cc1ccccc1. The van der Waals surface area contributed by atoms with E-state index in [1.807, 2.05) is 18.2 Å². The van der Waals surface area contributed by atoms with Gasteiger partial charge in [0.2, 0.25) is 0 Å². The fourth-order valence-electron chi connectivity index (χ4n) is 2.24. The average Bonchev–Trinajstić information content (AvgIpc) is 2.57. The quantitative estimate of drug-likeness (QED) is 0.440. The van der Waals surface area contributed by atoms with Crippen molar-refractivity contribution in [1.82, 2.24) is 4.90 Å². The average molecular weight is 310 g/mol. The predicted molar refractivity (Wildman–Crippen MR) is 98.1 cm³/mol. The molecule has 22 heavy (non-hydrogen) atoms. The zero-order valence-electron chi connectivity index (χ0n) is 13.0. The lowest BCUT2D eigenvalue weighted by Gasteiger charge is -2.25. The zero-order chi connectivity index (χ0) is 15.6. The number of hydrogen-bond acceptors (Lipinski definition) is 2. The van der Waals surface area contributed by atoms with Crippen molar-refractivity contribution in [3.05, 3.63) is 84.4 Å². The number of amidine groups is 1. The third kappa shape index (κ3) is 5.08. The second-order valence-electron chi connectivity index (χ2n) is 4.94. The number of benzene rings is 2. The van der Waals surface area contributed by atoms with Gasteiger partial charge in [0.25, 0.3) is 0 Å². The topological polar surface area (TPSA) is 15.6 Å². The second-order valence-corrected chi connectivity index (χ2v) is 5.72. The van der Waals surface area contributed by atoms with Gasteiger partial charge in [0.1, 0.15) is 0 Å². The van der Waals surface area contributed by atoms with Crippen LogP contribution in [0.1, 0.15) is 11.1 Å². The van der Waals surface area contributed by atoms with Gasteiger partial charge in [-0.25, -0.2) is 0 Å². The van der Waals surface area contributed by atoms with Gasteiger partial charge in [0.15, 0.2) is 5.17 Å². The van der Waals surface area contributed by atoms with Crippen LogP contribution in [0.4, 0.5) is 0 Å². The molecule has 2 aromatic carbocycles. The molecule has 0 spiro atoms. The largest absolute Gasteiger partial charge is 0.343 e. The molecular formula is C19H22N2S. The van der Waals surface area contributed by atoms with Gasteiger partial charge in [-0.1, -0.05) is 78.5 Å². The summed E-state index contributed by atoms with van der Waals surface area (Å²) in [6.07, 6.45) is 3.91. The molecule has 0 aliphatic carbocycles. The molecule has 0 saturated carbocycles. The molecule has 0 unspecified atom stereocenters. The Labute approximate surface area is 137 Å². The van der Waals surface area contributed by atoms with Crippen LogP contribution in [-0.2, 0) is 13.1 Å². The molecule has 0 aliphatic heterocycles. The van der Waals surface area contributed by atoms with Crippen molar-refractivity contribution < 1.29 is 0 Å². The first kappa shape index (κ1) is 16.4. The van der Waals surface area contributed by atoms with E-state index in [1.165, 1.54) is 11.1 Å². The summed E-state index contributed by atoms with van der Waals surface area (Å²) in [6, 6.07) is 21.0.